The fourth-order valence-electron chi connectivity index (χ4n) is 4.86. The molecule has 1 aliphatic rings. The third-order valence-corrected chi connectivity index (χ3v) is 8.42. The van der Waals surface area contributed by atoms with Crippen LogP contribution in [-0.2, 0) is 26.4 Å². The molecular weight excluding hydrogens is 552 g/mol. The molecule has 220 valence electrons. The molecule has 13 heteroatoms. The maximum absolute atomic E-state index is 14.1. The molecule has 0 spiro atoms. The van der Waals surface area contributed by atoms with Gasteiger partial charge in [0.2, 0.25) is 5.89 Å². The molecular formula is C28H34N4O8S. The molecule has 1 fully saturated rings. The van der Waals surface area contributed by atoms with Gasteiger partial charge in [-0.1, -0.05) is 7.43 Å². The van der Waals surface area contributed by atoms with Crippen LogP contribution in [0.2, 0.25) is 0 Å². The minimum absolute atomic E-state index is 0. The molecule has 0 bridgehead atoms. The van der Waals surface area contributed by atoms with Gasteiger partial charge in [-0.05, 0) is 51.3 Å². The van der Waals surface area contributed by atoms with Crippen molar-refractivity contribution in [2.45, 2.75) is 65.3 Å². The van der Waals surface area contributed by atoms with Crippen LogP contribution in [0.3, 0.4) is 0 Å². The Hall–Kier alpha value is -3.81. The van der Waals surface area contributed by atoms with E-state index in [0.29, 0.717) is 58.7 Å². The minimum atomic E-state index is -1.83. The molecule has 0 unspecified atom stereocenters. The summed E-state index contributed by atoms with van der Waals surface area (Å²) in [5.74, 6) is -0.548. The molecule has 0 aliphatic carbocycles. The first-order valence-electron chi connectivity index (χ1n) is 12.8. The van der Waals surface area contributed by atoms with E-state index >= 15 is 0 Å². The number of aryl methyl sites for hydroxylation is 1. The van der Waals surface area contributed by atoms with E-state index in [-0.39, 0.29) is 25.5 Å². The zero-order valence-electron chi connectivity index (χ0n) is 22.6. The van der Waals surface area contributed by atoms with Crippen molar-refractivity contribution in [2.75, 3.05) is 20.3 Å². The molecule has 1 atom stereocenters. The molecule has 0 radical (unpaired) electrons. The number of nitrogens with zero attached hydrogens (tertiary/aromatic N) is 4. The van der Waals surface area contributed by atoms with Crippen LogP contribution in [0.4, 0.5) is 0 Å². The molecule has 5 rings (SSSR count). The summed E-state index contributed by atoms with van der Waals surface area (Å²) < 4.78 is 25.3. The highest BCUT2D eigenvalue weighted by Gasteiger charge is 2.36. The quantitative estimate of drug-likeness (QED) is 0.305. The number of oxazole rings is 1. The van der Waals surface area contributed by atoms with Crippen molar-refractivity contribution in [2.24, 2.45) is 0 Å². The van der Waals surface area contributed by atoms with Crippen LogP contribution in [0.1, 0.15) is 51.5 Å². The van der Waals surface area contributed by atoms with Gasteiger partial charge in [-0.15, -0.1) is 11.3 Å². The van der Waals surface area contributed by atoms with E-state index in [1.165, 1.54) is 49.3 Å². The van der Waals surface area contributed by atoms with Crippen molar-refractivity contribution < 1.29 is 28.5 Å². The number of hydrogen-bond acceptors (Lipinski definition) is 10. The standard InChI is InChI=1S/C27H30N4O8S.CH4/c1-15-19-23(32)31(27(2,3)25(33)34)26(35)30(24(19)40-21(15)22-29-10-13-38-22)14-18(39-16-7-11-37-12-8-16)20-17(36-4)6-5-9-28-20;/h5-6,9-10,13,16,18H,7-8,11-12,14H2,1-4H3,(H,33,34);1H4/t18-;/m1./s1. The number of thiophene rings is 1. The highest BCUT2D eigenvalue weighted by Crippen LogP contribution is 2.37. The van der Waals surface area contributed by atoms with Gasteiger partial charge in [0.05, 0.1) is 36.2 Å². The Morgan fingerprint density at radius 3 is 2.61 bits per heavy atom. The maximum Gasteiger partial charge on any atom is 0.333 e. The van der Waals surface area contributed by atoms with Crippen molar-refractivity contribution in [3.63, 3.8) is 0 Å². The van der Waals surface area contributed by atoms with Crippen LogP contribution in [0.5, 0.6) is 5.75 Å². The number of hydrogen-bond donors (Lipinski definition) is 1. The van der Waals surface area contributed by atoms with E-state index in [4.69, 9.17) is 18.6 Å². The number of ether oxygens (including phenoxy) is 3. The van der Waals surface area contributed by atoms with Gasteiger partial charge in [0.1, 0.15) is 34.2 Å². The third kappa shape index (κ3) is 5.44. The van der Waals surface area contributed by atoms with Crippen molar-refractivity contribution in [1.82, 2.24) is 19.1 Å². The summed E-state index contributed by atoms with van der Waals surface area (Å²) in [4.78, 5) is 49.8. The van der Waals surface area contributed by atoms with Gasteiger partial charge in [-0.25, -0.2) is 19.1 Å². The number of fused-ring (bicyclic) bond motifs is 1. The number of carboxylic acids is 1. The smallest absolute Gasteiger partial charge is 0.333 e. The highest BCUT2D eigenvalue weighted by molar-refractivity contribution is 7.22. The van der Waals surface area contributed by atoms with Crippen molar-refractivity contribution in [1.29, 1.82) is 0 Å². The molecule has 4 aromatic rings. The van der Waals surface area contributed by atoms with E-state index in [2.05, 4.69) is 9.97 Å². The number of aliphatic carboxylic acids is 1. The number of carbonyl (C=O) groups is 1. The second-order valence-corrected chi connectivity index (χ2v) is 11.0. The van der Waals surface area contributed by atoms with E-state index in [0.717, 1.165) is 4.57 Å². The second kappa shape index (κ2) is 12.0. The zero-order chi connectivity index (χ0) is 28.6. The van der Waals surface area contributed by atoms with Gasteiger partial charge in [-0.2, -0.15) is 0 Å². The molecule has 1 aliphatic heterocycles. The van der Waals surface area contributed by atoms with Gasteiger partial charge in [-0.3, -0.25) is 14.3 Å². The Labute approximate surface area is 240 Å². The monoisotopic (exact) mass is 586 g/mol. The maximum atomic E-state index is 14.1. The molecule has 12 nitrogen and oxygen atoms in total. The lowest BCUT2D eigenvalue weighted by molar-refractivity contribution is -0.146. The average molecular weight is 587 g/mol. The lowest BCUT2D eigenvalue weighted by atomic mass is 10.1. The van der Waals surface area contributed by atoms with Crippen molar-refractivity contribution in [3.8, 4) is 16.5 Å². The van der Waals surface area contributed by atoms with Gasteiger partial charge in [0.25, 0.3) is 5.56 Å². The van der Waals surface area contributed by atoms with Crippen molar-refractivity contribution >= 4 is 27.5 Å². The number of methoxy groups -OCH3 is 1. The lowest BCUT2D eigenvalue weighted by Gasteiger charge is -2.29. The van der Waals surface area contributed by atoms with Crippen LogP contribution < -0.4 is 16.0 Å². The first kappa shape index (κ1) is 30.2. The third-order valence-electron chi connectivity index (χ3n) is 7.12. The molecule has 5 heterocycles. The van der Waals surface area contributed by atoms with Gasteiger partial charge < -0.3 is 23.7 Å². The topological polar surface area (TPSA) is 148 Å². The minimum Gasteiger partial charge on any atom is -0.495 e. The fourth-order valence-corrected chi connectivity index (χ4v) is 6.10. The Morgan fingerprint density at radius 2 is 1.98 bits per heavy atom. The summed E-state index contributed by atoms with van der Waals surface area (Å²) >= 11 is 1.18. The van der Waals surface area contributed by atoms with E-state index in [9.17, 15) is 19.5 Å². The van der Waals surface area contributed by atoms with Crippen LogP contribution >= 0.6 is 11.3 Å². The van der Waals surface area contributed by atoms with Gasteiger partial charge in [0, 0.05) is 19.4 Å². The van der Waals surface area contributed by atoms with E-state index in [1.807, 2.05) is 0 Å². The van der Waals surface area contributed by atoms with E-state index < -0.39 is 28.9 Å². The highest BCUT2D eigenvalue weighted by atomic mass is 32.1. The summed E-state index contributed by atoms with van der Waals surface area (Å²) in [6.07, 6.45) is 4.92. The zero-order valence-corrected chi connectivity index (χ0v) is 23.4. The first-order valence-corrected chi connectivity index (χ1v) is 13.6. The summed E-state index contributed by atoms with van der Waals surface area (Å²) in [6, 6.07) is 3.49. The first-order chi connectivity index (χ1) is 19.1. The largest absolute Gasteiger partial charge is 0.495 e. The molecule has 4 aromatic heterocycles. The summed E-state index contributed by atoms with van der Waals surface area (Å²) in [5, 5.41) is 10.2. The number of rotatable bonds is 9. The molecule has 0 amide bonds. The van der Waals surface area contributed by atoms with Crippen LogP contribution in [0.25, 0.3) is 21.0 Å². The predicted molar refractivity (Wildman–Crippen MR) is 153 cm³/mol. The Balaban J connectivity index is 0.00000387. The Bertz CT molecular complexity index is 1650. The fraction of sp³-hybridized carbons (Fsp3) is 0.464. The van der Waals surface area contributed by atoms with Gasteiger partial charge in [0.15, 0.2) is 0 Å². The van der Waals surface area contributed by atoms with Crippen LogP contribution in [-0.4, -0.2) is 56.6 Å². The summed E-state index contributed by atoms with van der Waals surface area (Å²) in [7, 11) is 1.53. The molecule has 1 N–H and O–H groups in total. The Kier molecular flexibility index (Phi) is 8.80. The lowest BCUT2D eigenvalue weighted by Crippen LogP contribution is -2.52. The van der Waals surface area contributed by atoms with Gasteiger partial charge >= 0.3 is 11.7 Å². The molecule has 1 saturated heterocycles. The average Bonchev–Trinajstić information content (AvgIpc) is 3.59. The molecule has 0 saturated carbocycles. The summed E-state index contributed by atoms with van der Waals surface area (Å²) in [6.45, 7) is 5.40. The van der Waals surface area contributed by atoms with Crippen LogP contribution in [0.15, 0.2) is 44.8 Å². The van der Waals surface area contributed by atoms with Crippen LogP contribution in [0, 0.1) is 6.92 Å². The number of pyridine rings is 1. The Morgan fingerprint density at radius 1 is 1.24 bits per heavy atom. The molecule has 0 aromatic carbocycles. The van der Waals surface area contributed by atoms with Crippen molar-refractivity contribution in [3.05, 3.63) is 62.9 Å². The summed E-state index contributed by atoms with van der Waals surface area (Å²) in [5.41, 5.74) is -2.30. The second-order valence-electron chi connectivity index (χ2n) is 10.00. The van der Waals surface area contributed by atoms with E-state index in [1.54, 1.807) is 25.3 Å². The number of aromatic nitrogens is 4. The molecule has 41 heavy (non-hydrogen) atoms. The SMILES string of the molecule is C.COc1cccnc1[C@@H](Cn1c(=O)n(C(C)(C)C(=O)O)c(=O)c2c(C)c(-c3ncco3)sc21)OC1CCOCC1. The predicted octanol–water partition coefficient (Wildman–Crippen LogP) is 3.98. The number of carboxylic acid groups (broad SMARTS) is 1. The normalized spacial score (nSPS) is 15.0.